The average molecular weight is 333 g/mol. The molecule has 0 aliphatic carbocycles. The minimum absolute atomic E-state index is 0.0163. The molecule has 0 spiro atoms. The van der Waals surface area contributed by atoms with Crippen LogP contribution < -0.4 is 10.1 Å². The predicted octanol–water partition coefficient (Wildman–Crippen LogP) is 3.66. The van der Waals surface area contributed by atoms with Crippen LogP contribution in [0.3, 0.4) is 0 Å². The van der Waals surface area contributed by atoms with Gasteiger partial charge < -0.3 is 14.6 Å². The molecule has 2 aromatic heterocycles. The lowest BCUT2D eigenvalue weighted by Crippen LogP contribution is -2.25. The summed E-state index contributed by atoms with van der Waals surface area (Å²) < 4.78 is 7.45. The molecule has 0 saturated carbocycles. The second-order valence-corrected chi connectivity index (χ2v) is 6.15. The first-order valence-electron chi connectivity index (χ1n) is 8.25. The lowest BCUT2D eigenvalue weighted by Gasteiger charge is -2.28. The summed E-state index contributed by atoms with van der Waals surface area (Å²) in [6.45, 7) is 1.97. The highest BCUT2D eigenvalue weighted by molar-refractivity contribution is 5.96. The molecule has 0 bridgehead atoms. The minimum atomic E-state index is -0.0228. The fourth-order valence-electron chi connectivity index (χ4n) is 3.52. The van der Waals surface area contributed by atoms with E-state index in [1.165, 1.54) is 0 Å². The van der Waals surface area contributed by atoms with Crippen LogP contribution in [0.2, 0.25) is 0 Å². The number of hydrogen-bond donors (Lipinski definition) is 1. The molecule has 3 aromatic rings. The van der Waals surface area contributed by atoms with Gasteiger partial charge in [0.05, 0.1) is 12.8 Å². The summed E-state index contributed by atoms with van der Waals surface area (Å²) in [5.41, 5.74) is 3.97. The third-order valence-corrected chi connectivity index (χ3v) is 4.73. The third-order valence-electron chi connectivity index (χ3n) is 4.73. The molecule has 1 aliphatic heterocycles. The van der Waals surface area contributed by atoms with Crippen molar-refractivity contribution in [3.8, 4) is 11.6 Å². The summed E-state index contributed by atoms with van der Waals surface area (Å²) in [7, 11) is 1.64. The minimum Gasteiger partial charge on any atom is -0.496 e. The largest absolute Gasteiger partial charge is 0.496 e. The lowest BCUT2D eigenvalue weighted by molar-refractivity contribution is -0.116. The topological polar surface area (TPSA) is 56.1 Å². The van der Waals surface area contributed by atoms with Crippen molar-refractivity contribution in [2.24, 2.45) is 0 Å². The Morgan fingerprint density at radius 2 is 2.08 bits per heavy atom. The number of fused-ring (bicyclic) bond motifs is 1. The van der Waals surface area contributed by atoms with Crippen molar-refractivity contribution in [3.05, 3.63) is 71.7 Å². The number of rotatable bonds is 3. The van der Waals surface area contributed by atoms with Crippen molar-refractivity contribution in [1.29, 1.82) is 0 Å². The van der Waals surface area contributed by atoms with Gasteiger partial charge in [0.1, 0.15) is 11.6 Å². The fourth-order valence-corrected chi connectivity index (χ4v) is 3.52. The van der Waals surface area contributed by atoms with Crippen molar-refractivity contribution >= 4 is 11.6 Å². The van der Waals surface area contributed by atoms with Crippen LogP contribution in [0.15, 0.2) is 54.9 Å². The predicted molar refractivity (Wildman–Crippen MR) is 96.4 cm³/mol. The van der Waals surface area contributed by atoms with Gasteiger partial charge in [-0.2, -0.15) is 0 Å². The molecule has 126 valence electrons. The normalized spacial score (nSPS) is 16.2. The standard InChI is InChI=1S/C20H19N3O2/c1-13-17(25-2)9-8-14-15(12-19(24)22-20(13)14)16-6-5-11-23(16)18-7-3-4-10-21-18/h3-11,15H,12H2,1-2H3,(H,22,24). The van der Waals surface area contributed by atoms with Gasteiger partial charge >= 0.3 is 0 Å². The quantitative estimate of drug-likeness (QED) is 0.796. The summed E-state index contributed by atoms with van der Waals surface area (Å²) >= 11 is 0. The summed E-state index contributed by atoms with van der Waals surface area (Å²) in [5, 5.41) is 3.01. The second-order valence-electron chi connectivity index (χ2n) is 6.15. The second kappa shape index (κ2) is 6.09. The van der Waals surface area contributed by atoms with Gasteiger partial charge in [-0.25, -0.2) is 4.98 Å². The zero-order chi connectivity index (χ0) is 17.4. The molecule has 0 fully saturated rings. The Labute approximate surface area is 146 Å². The molecule has 1 aromatic carbocycles. The van der Waals surface area contributed by atoms with Crippen LogP contribution in [0, 0.1) is 6.92 Å². The number of aromatic nitrogens is 2. The van der Waals surface area contributed by atoms with Crippen LogP contribution >= 0.6 is 0 Å². The number of carbonyl (C=O) groups excluding carboxylic acids is 1. The first-order chi connectivity index (χ1) is 12.2. The number of hydrogen-bond acceptors (Lipinski definition) is 3. The maximum Gasteiger partial charge on any atom is 0.225 e. The van der Waals surface area contributed by atoms with Gasteiger partial charge in [0.25, 0.3) is 0 Å². The maximum atomic E-state index is 12.4. The van der Waals surface area contributed by atoms with Gasteiger partial charge in [-0.15, -0.1) is 0 Å². The highest BCUT2D eigenvalue weighted by Crippen LogP contribution is 2.41. The van der Waals surface area contributed by atoms with Gasteiger partial charge in [0.2, 0.25) is 5.91 Å². The Bertz CT molecular complexity index is 931. The first kappa shape index (κ1) is 15.4. The maximum absolute atomic E-state index is 12.4. The number of carbonyl (C=O) groups is 1. The van der Waals surface area contributed by atoms with E-state index in [1.807, 2.05) is 54.1 Å². The summed E-state index contributed by atoms with van der Waals surface area (Å²) in [5.74, 6) is 1.62. The molecule has 1 N–H and O–H groups in total. The van der Waals surface area contributed by atoms with Crippen molar-refractivity contribution in [3.63, 3.8) is 0 Å². The van der Waals surface area contributed by atoms with Gasteiger partial charge in [-0.1, -0.05) is 12.1 Å². The third kappa shape index (κ3) is 2.58. The Hall–Kier alpha value is -3.08. The molecule has 25 heavy (non-hydrogen) atoms. The van der Waals surface area contributed by atoms with Gasteiger partial charge in [-0.05, 0) is 42.8 Å². The van der Waals surface area contributed by atoms with Gasteiger partial charge in [0, 0.05) is 36.0 Å². The van der Waals surface area contributed by atoms with Crippen LogP contribution in [-0.4, -0.2) is 22.6 Å². The number of pyridine rings is 1. The molecular weight excluding hydrogens is 314 g/mol. The highest BCUT2D eigenvalue weighted by Gasteiger charge is 2.30. The number of ether oxygens (including phenoxy) is 1. The monoisotopic (exact) mass is 333 g/mol. The molecule has 0 radical (unpaired) electrons. The molecule has 4 rings (SSSR count). The molecule has 1 atom stereocenters. The number of methoxy groups -OCH3 is 1. The van der Waals surface area contributed by atoms with E-state index >= 15 is 0 Å². The molecule has 5 heteroatoms. The van der Waals surface area contributed by atoms with Crippen molar-refractivity contribution in [2.45, 2.75) is 19.3 Å². The Kier molecular flexibility index (Phi) is 3.76. The number of anilines is 1. The zero-order valence-electron chi connectivity index (χ0n) is 14.2. The smallest absolute Gasteiger partial charge is 0.225 e. The van der Waals surface area contributed by atoms with E-state index in [2.05, 4.69) is 16.4 Å². The number of amides is 1. The van der Waals surface area contributed by atoms with Crippen molar-refractivity contribution in [2.75, 3.05) is 12.4 Å². The van der Waals surface area contributed by atoms with Crippen LogP contribution in [0.1, 0.15) is 29.2 Å². The number of benzene rings is 1. The van der Waals surface area contributed by atoms with E-state index < -0.39 is 0 Å². The van der Waals surface area contributed by atoms with Crippen molar-refractivity contribution in [1.82, 2.24) is 9.55 Å². The van der Waals surface area contributed by atoms with Crippen LogP contribution in [0.5, 0.6) is 5.75 Å². The van der Waals surface area contributed by atoms with Gasteiger partial charge in [-0.3, -0.25) is 4.79 Å². The molecule has 0 saturated heterocycles. The number of nitrogens with one attached hydrogen (secondary N) is 1. The van der Waals surface area contributed by atoms with Crippen LogP contribution in [-0.2, 0) is 4.79 Å². The van der Waals surface area contributed by atoms with E-state index in [-0.39, 0.29) is 11.8 Å². The van der Waals surface area contributed by atoms with Crippen LogP contribution in [0.4, 0.5) is 5.69 Å². The SMILES string of the molecule is COc1ccc2c(c1C)NC(=O)CC2c1cccn1-c1ccccn1. The molecule has 5 nitrogen and oxygen atoms in total. The van der Waals surface area contributed by atoms with Crippen molar-refractivity contribution < 1.29 is 9.53 Å². The number of nitrogens with zero attached hydrogens (tertiary/aromatic N) is 2. The van der Waals surface area contributed by atoms with E-state index in [0.717, 1.165) is 34.1 Å². The fraction of sp³-hybridized carbons (Fsp3) is 0.200. The zero-order valence-corrected chi connectivity index (χ0v) is 14.2. The first-order valence-corrected chi connectivity index (χ1v) is 8.25. The van der Waals surface area contributed by atoms with E-state index in [9.17, 15) is 4.79 Å². The molecule has 3 heterocycles. The van der Waals surface area contributed by atoms with Crippen LogP contribution in [0.25, 0.3) is 5.82 Å². The Balaban J connectivity index is 1.85. The summed E-state index contributed by atoms with van der Waals surface area (Å²) in [6.07, 6.45) is 4.17. The van der Waals surface area contributed by atoms with E-state index in [4.69, 9.17) is 4.74 Å². The van der Waals surface area contributed by atoms with E-state index in [1.54, 1.807) is 13.3 Å². The summed E-state index contributed by atoms with van der Waals surface area (Å²) in [4.78, 5) is 16.8. The molecule has 1 unspecified atom stereocenters. The Morgan fingerprint density at radius 1 is 1.20 bits per heavy atom. The highest BCUT2D eigenvalue weighted by atomic mass is 16.5. The van der Waals surface area contributed by atoms with Gasteiger partial charge in [0.15, 0.2) is 0 Å². The van der Waals surface area contributed by atoms with E-state index in [0.29, 0.717) is 6.42 Å². The molecule has 1 aliphatic rings. The Morgan fingerprint density at radius 3 is 2.84 bits per heavy atom. The summed E-state index contributed by atoms with van der Waals surface area (Å²) in [6, 6.07) is 13.9. The lowest BCUT2D eigenvalue weighted by atomic mass is 9.86. The molecule has 1 amide bonds. The molecular formula is C20H19N3O2. The average Bonchev–Trinajstić information content (AvgIpc) is 3.12.